The van der Waals surface area contributed by atoms with Gasteiger partial charge < -0.3 is 10.1 Å². The van der Waals surface area contributed by atoms with E-state index in [1.165, 1.54) is 11.3 Å². The largest absolute Gasteiger partial charge is 0.368 e. The van der Waals surface area contributed by atoms with Gasteiger partial charge in [-0.2, -0.15) is 5.10 Å². The molecule has 0 aliphatic carbocycles. The zero-order valence-corrected chi connectivity index (χ0v) is 10.9. The molecule has 1 atom stereocenters. The molecule has 0 aromatic carbocycles. The van der Waals surface area contributed by atoms with Gasteiger partial charge >= 0.3 is 0 Å². The van der Waals surface area contributed by atoms with E-state index in [1.807, 2.05) is 13.1 Å². The number of hydrogen-bond donors (Lipinski definition) is 1. The van der Waals surface area contributed by atoms with Gasteiger partial charge in [0.1, 0.15) is 11.1 Å². The number of ether oxygens (including phenoxy) is 1. The van der Waals surface area contributed by atoms with Crippen molar-refractivity contribution in [3.8, 4) is 0 Å². The minimum Gasteiger partial charge on any atom is -0.368 e. The summed E-state index contributed by atoms with van der Waals surface area (Å²) in [6.45, 7) is 3.05. The Balaban J connectivity index is 1.61. The first kappa shape index (κ1) is 11.6. The second-order valence-corrected chi connectivity index (χ2v) is 5.37. The van der Waals surface area contributed by atoms with Gasteiger partial charge in [-0.25, -0.2) is 9.50 Å². The second-order valence-electron chi connectivity index (χ2n) is 4.32. The third kappa shape index (κ3) is 2.23. The highest BCUT2D eigenvalue weighted by molar-refractivity contribution is 7.16. The van der Waals surface area contributed by atoms with Crippen LogP contribution >= 0.6 is 11.3 Å². The van der Waals surface area contributed by atoms with Crippen LogP contribution in [-0.2, 0) is 16.1 Å². The first-order valence-electron chi connectivity index (χ1n) is 5.93. The van der Waals surface area contributed by atoms with Gasteiger partial charge in [-0.1, -0.05) is 11.3 Å². The van der Waals surface area contributed by atoms with E-state index in [0.29, 0.717) is 13.2 Å². The first-order chi connectivity index (χ1) is 8.72. The van der Waals surface area contributed by atoms with Crippen molar-refractivity contribution in [1.29, 1.82) is 0 Å². The highest BCUT2D eigenvalue weighted by Gasteiger charge is 2.23. The Hall–Kier alpha value is -1.47. The number of carbonyl (C=O) groups excluding carboxylic acids is 1. The van der Waals surface area contributed by atoms with E-state index in [9.17, 15) is 4.79 Å². The van der Waals surface area contributed by atoms with Crippen molar-refractivity contribution in [2.45, 2.75) is 32.4 Å². The van der Waals surface area contributed by atoms with Crippen LogP contribution in [-0.4, -0.2) is 33.2 Å². The number of fused-ring (bicyclic) bond motifs is 1. The lowest BCUT2D eigenvalue weighted by atomic mass is 10.2. The average molecular weight is 266 g/mol. The quantitative estimate of drug-likeness (QED) is 0.896. The van der Waals surface area contributed by atoms with Gasteiger partial charge in [-0.3, -0.25) is 4.79 Å². The summed E-state index contributed by atoms with van der Waals surface area (Å²) in [6.07, 6.45) is 3.36. The van der Waals surface area contributed by atoms with Crippen LogP contribution in [0.1, 0.15) is 23.5 Å². The summed E-state index contributed by atoms with van der Waals surface area (Å²) in [4.78, 5) is 16.9. The van der Waals surface area contributed by atoms with E-state index in [-0.39, 0.29) is 12.0 Å². The Morgan fingerprint density at radius 1 is 1.72 bits per heavy atom. The van der Waals surface area contributed by atoms with Gasteiger partial charge in [0, 0.05) is 6.61 Å². The van der Waals surface area contributed by atoms with Crippen molar-refractivity contribution in [2.24, 2.45) is 0 Å². The van der Waals surface area contributed by atoms with Crippen LogP contribution in [0.4, 0.5) is 0 Å². The van der Waals surface area contributed by atoms with Gasteiger partial charge in [0.05, 0.1) is 18.4 Å². The van der Waals surface area contributed by atoms with Crippen molar-refractivity contribution < 1.29 is 9.53 Å². The van der Waals surface area contributed by atoms with E-state index in [1.54, 1.807) is 4.52 Å². The molecule has 1 aliphatic rings. The van der Waals surface area contributed by atoms with Gasteiger partial charge in [-0.05, 0) is 19.8 Å². The smallest absolute Gasteiger partial charge is 0.249 e. The molecule has 1 aliphatic heterocycles. The lowest BCUT2D eigenvalue weighted by molar-refractivity contribution is -0.130. The molecule has 3 rings (SSSR count). The molecule has 6 nitrogen and oxygen atoms in total. The predicted molar refractivity (Wildman–Crippen MR) is 66.4 cm³/mol. The van der Waals surface area contributed by atoms with Crippen LogP contribution in [0.3, 0.4) is 0 Å². The van der Waals surface area contributed by atoms with Gasteiger partial charge in [-0.15, -0.1) is 0 Å². The molecule has 1 N–H and O–H groups in total. The van der Waals surface area contributed by atoms with Gasteiger partial charge in [0.15, 0.2) is 0 Å². The molecule has 96 valence electrons. The minimum absolute atomic E-state index is 0.0449. The number of amides is 1. The lowest BCUT2D eigenvalue weighted by Crippen LogP contribution is -2.33. The fraction of sp³-hybridized carbons (Fsp3) is 0.545. The number of aromatic nitrogens is 3. The molecule has 18 heavy (non-hydrogen) atoms. The maximum Gasteiger partial charge on any atom is 0.249 e. The molecule has 1 unspecified atom stereocenters. The van der Waals surface area contributed by atoms with Crippen LogP contribution in [0.15, 0.2) is 6.20 Å². The Morgan fingerprint density at radius 2 is 2.61 bits per heavy atom. The molecule has 1 saturated heterocycles. The molecule has 1 amide bonds. The Labute approximate surface area is 108 Å². The topological polar surface area (TPSA) is 68.5 Å². The highest BCUT2D eigenvalue weighted by atomic mass is 32.1. The molecule has 0 bridgehead atoms. The third-order valence-electron chi connectivity index (χ3n) is 2.84. The standard InChI is InChI=1S/C11H14N4O2S/c1-7-6-15-11(13-7)18-9(14-15)5-12-10(16)8-3-2-4-17-8/h6,8H,2-5H2,1H3,(H,12,16). The summed E-state index contributed by atoms with van der Waals surface area (Å²) in [5.41, 5.74) is 0.948. The van der Waals surface area contributed by atoms with Gasteiger partial charge in [0.2, 0.25) is 10.9 Å². The number of aryl methyl sites for hydroxylation is 1. The Morgan fingerprint density at radius 3 is 3.33 bits per heavy atom. The Kier molecular flexibility index (Phi) is 3.00. The average Bonchev–Trinajstić information content (AvgIpc) is 3.00. The zero-order valence-electron chi connectivity index (χ0n) is 10.0. The van der Waals surface area contributed by atoms with Crippen LogP contribution in [0.5, 0.6) is 0 Å². The molecule has 1 fully saturated rings. The van der Waals surface area contributed by atoms with Crippen LogP contribution < -0.4 is 5.32 Å². The second kappa shape index (κ2) is 4.66. The Bertz CT molecular complexity index is 539. The van der Waals surface area contributed by atoms with Crippen molar-refractivity contribution in [2.75, 3.05) is 6.61 Å². The van der Waals surface area contributed by atoms with E-state index in [2.05, 4.69) is 15.4 Å². The molecular formula is C11H14N4O2S. The normalized spacial score (nSPS) is 19.5. The molecule has 7 heteroatoms. The SMILES string of the molecule is Cc1cn2nc(CNC(=O)C3CCCO3)sc2n1. The lowest BCUT2D eigenvalue weighted by Gasteiger charge is -2.08. The molecule has 2 aromatic heterocycles. The predicted octanol–water partition coefficient (Wildman–Crippen LogP) is 0.894. The van der Waals surface area contributed by atoms with Crippen LogP contribution in [0, 0.1) is 6.92 Å². The maximum absolute atomic E-state index is 11.7. The van der Waals surface area contributed by atoms with Crippen molar-refractivity contribution in [1.82, 2.24) is 19.9 Å². The number of hydrogen-bond acceptors (Lipinski definition) is 5. The number of rotatable bonds is 3. The number of nitrogens with zero attached hydrogens (tertiary/aromatic N) is 3. The van der Waals surface area contributed by atoms with Gasteiger partial charge in [0.25, 0.3) is 0 Å². The highest BCUT2D eigenvalue weighted by Crippen LogP contribution is 2.15. The van der Waals surface area contributed by atoms with Crippen molar-refractivity contribution in [3.63, 3.8) is 0 Å². The summed E-state index contributed by atoms with van der Waals surface area (Å²) in [6, 6.07) is 0. The first-order valence-corrected chi connectivity index (χ1v) is 6.75. The van der Waals surface area contributed by atoms with Crippen molar-refractivity contribution >= 4 is 22.2 Å². The number of nitrogens with one attached hydrogen (secondary N) is 1. The molecule has 3 heterocycles. The summed E-state index contributed by atoms with van der Waals surface area (Å²) in [7, 11) is 0. The van der Waals surface area contributed by atoms with Crippen molar-refractivity contribution in [3.05, 3.63) is 16.9 Å². The molecule has 2 aromatic rings. The van der Waals surface area contributed by atoms with E-state index in [0.717, 1.165) is 28.5 Å². The number of carbonyl (C=O) groups is 1. The summed E-state index contributed by atoms with van der Waals surface area (Å²) in [5, 5.41) is 8.05. The summed E-state index contributed by atoms with van der Waals surface area (Å²) < 4.78 is 7.06. The number of imidazole rings is 1. The zero-order chi connectivity index (χ0) is 12.5. The fourth-order valence-electron chi connectivity index (χ4n) is 1.98. The maximum atomic E-state index is 11.7. The molecule has 0 spiro atoms. The van der Waals surface area contributed by atoms with E-state index >= 15 is 0 Å². The summed E-state index contributed by atoms with van der Waals surface area (Å²) >= 11 is 1.49. The van der Waals surface area contributed by atoms with Crippen LogP contribution in [0.2, 0.25) is 0 Å². The van der Waals surface area contributed by atoms with E-state index in [4.69, 9.17) is 4.74 Å². The molecule has 0 radical (unpaired) electrons. The minimum atomic E-state index is -0.281. The summed E-state index contributed by atoms with van der Waals surface area (Å²) in [5.74, 6) is -0.0449. The molecular weight excluding hydrogens is 252 g/mol. The van der Waals surface area contributed by atoms with Crippen LogP contribution in [0.25, 0.3) is 4.96 Å². The third-order valence-corrected chi connectivity index (χ3v) is 3.76. The monoisotopic (exact) mass is 266 g/mol. The fourth-order valence-corrected chi connectivity index (χ4v) is 2.84. The van der Waals surface area contributed by atoms with E-state index < -0.39 is 0 Å². The molecule has 0 saturated carbocycles.